The molecule has 0 aliphatic heterocycles. The molecule has 0 saturated heterocycles. The monoisotopic (exact) mass is 447 g/mol. The summed E-state index contributed by atoms with van der Waals surface area (Å²) in [5, 5.41) is 0.289. The van der Waals surface area contributed by atoms with Crippen LogP contribution in [-0.2, 0) is 10.0 Å². The Bertz CT molecular complexity index is 788. The summed E-state index contributed by atoms with van der Waals surface area (Å²) in [6, 6.07) is 7.45. The van der Waals surface area contributed by atoms with Crippen LogP contribution in [0.3, 0.4) is 0 Å². The molecule has 0 aliphatic carbocycles. The maximum absolute atomic E-state index is 12.4. The second kappa shape index (κ2) is 6.52. The number of rotatable bonds is 3. The summed E-state index contributed by atoms with van der Waals surface area (Å²) < 4.78 is 27.7. The van der Waals surface area contributed by atoms with Crippen LogP contribution in [0.2, 0.25) is 20.1 Å². The molecule has 1 N–H and O–H groups in total. The third kappa shape index (κ3) is 3.78. The van der Waals surface area contributed by atoms with E-state index in [0.717, 1.165) is 0 Å². The molecule has 0 amide bonds. The fourth-order valence-corrected chi connectivity index (χ4v) is 4.98. The van der Waals surface area contributed by atoms with Crippen LogP contribution in [-0.4, -0.2) is 8.42 Å². The van der Waals surface area contributed by atoms with Crippen LogP contribution in [0.5, 0.6) is 0 Å². The van der Waals surface area contributed by atoms with E-state index in [-0.39, 0.29) is 30.7 Å². The third-order valence-electron chi connectivity index (χ3n) is 2.43. The first kappa shape index (κ1) is 17.2. The predicted molar refractivity (Wildman–Crippen MR) is 91.4 cm³/mol. The SMILES string of the molecule is O=S(=O)(Nc1cccc(Cl)c1Cl)c1c(Cl)cc(Br)cc1Cl. The number of hydrogen-bond donors (Lipinski definition) is 1. The van der Waals surface area contributed by atoms with Gasteiger partial charge in [-0.25, -0.2) is 8.42 Å². The van der Waals surface area contributed by atoms with E-state index < -0.39 is 10.0 Å². The molecule has 0 spiro atoms. The topological polar surface area (TPSA) is 46.2 Å². The summed E-state index contributed by atoms with van der Waals surface area (Å²) in [5.41, 5.74) is 0.138. The van der Waals surface area contributed by atoms with Crippen LogP contribution in [0.15, 0.2) is 39.7 Å². The maximum Gasteiger partial charge on any atom is 0.264 e. The molecule has 0 heterocycles. The van der Waals surface area contributed by atoms with E-state index in [1.54, 1.807) is 12.1 Å². The molecule has 9 heteroatoms. The van der Waals surface area contributed by atoms with Crippen LogP contribution < -0.4 is 4.72 Å². The van der Waals surface area contributed by atoms with Crippen molar-refractivity contribution in [1.29, 1.82) is 0 Å². The first-order valence-electron chi connectivity index (χ1n) is 5.34. The van der Waals surface area contributed by atoms with E-state index in [4.69, 9.17) is 46.4 Å². The fourth-order valence-electron chi connectivity index (χ4n) is 1.56. The molecular formula is C12H6BrCl4NO2S. The molecular weight excluding hydrogens is 444 g/mol. The lowest BCUT2D eigenvalue weighted by Crippen LogP contribution is -2.14. The van der Waals surface area contributed by atoms with Crippen molar-refractivity contribution in [3.05, 3.63) is 54.9 Å². The average molecular weight is 450 g/mol. The molecule has 2 rings (SSSR count). The second-order valence-corrected chi connectivity index (χ2v) is 8.04. The Kier molecular flexibility index (Phi) is 5.34. The molecule has 112 valence electrons. The maximum atomic E-state index is 12.4. The molecule has 0 aromatic heterocycles. The van der Waals surface area contributed by atoms with Gasteiger partial charge in [0.05, 0.1) is 25.8 Å². The minimum atomic E-state index is -4.01. The van der Waals surface area contributed by atoms with E-state index in [1.807, 2.05) is 0 Å². The van der Waals surface area contributed by atoms with Crippen LogP contribution in [0.25, 0.3) is 0 Å². The quantitative estimate of drug-likeness (QED) is 0.637. The van der Waals surface area contributed by atoms with Gasteiger partial charge in [0.2, 0.25) is 0 Å². The van der Waals surface area contributed by atoms with E-state index in [2.05, 4.69) is 20.7 Å². The van der Waals surface area contributed by atoms with Crippen molar-refractivity contribution >= 4 is 78.0 Å². The minimum absolute atomic E-state index is 0.0139. The summed E-state index contributed by atoms with van der Waals surface area (Å²) in [7, 11) is -4.01. The molecule has 0 saturated carbocycles. The highest BCUT2D eigenvalue weighted by Gasteiger charge is 2.23. The standard InChI is InChI=1S/C12H6BrCl4NO2S/c13-6-4-8(15)12(9(16)5-6)21(19,20)18-10-3-1-2-7(14)11(10)17/h1-5,18H. The van der Waals surface area contributed by atoms with Gasteiger partial charge in [0, 0.05) is 4.47 Å². The molecule has 0 radical (unpaired) electrons. The van der Waals surface area contributed by atoms with Gasteiger partial charge in [-0.15, -0.1) is 0 Å². The van der Waals surface area contributed by atoms with Gasteiger partial charge in [0.25, 0.3) is 10.0 Å². The molecule has 2 aromatic carbocycles. The number of halogens is 5. The zero-order valence-corrected chi connectivity index (χ0v) is 15.4. The Hall–Kier alpha value is -0.170. The molecule has 3 nitrogen and oxygen atoms in total. The van der Waals surface area contributed by atoms with Crippen molar-refractivity contribution in [1.82, 2.24) is 0 Å². The van der Waals surface area contributed by atoms with Gasteiger partial charge < -0.3 is 0 Å². The zero-order chi connectivity index (χ0) is 15.8. The van der Waals surface area contributed by atoms with Crippen LogP contribution in [0, 0.1) is 0 Å². The molecule has 0 aliphatic rings. The molecule has 0 unspecified atom stereocenters. The highest BCUT2D eigenvalue weighted by atomic mass is 79.9. The molecule has 21 heavy (non-hydrogen) atoms. The average Bonchev–Trinajstić information content (AvgIpc) is 2.33. The van der Waals surface area contributed by atoms with Crippen molar-refractivity contribution in [2.75, 3.05) is 4.72 Å². The lowest BCUT2D eigenvalue weighted by atomic mass is 10.3. The lowest BCUT2D eigenvalue weighted by Gasteiger charge is -2.13. The molecule has 2 aromatic rings. The smallest absolute Gasteiger partial charge is 0.264 e. The van der Waals surface area contributed by atoms with Crippen molar-refractivity contribution in [3.8, 4) is 0 Å². The summed E-state index contributed by atoms with van der Waals surface area (Å²) in [5.74, 6) is 0. The van der Waals surface area contributed by atoms with E-state index >= 15 is 0 Å². The Morgan fingerprint density at radius 1 is 0.952 bits per heavy atom. The van der Waals surface area contributed by atoms with Crippen molar-refractivity contribution in [2.45, 2.75) is 4.90 Å². The Labute approximate surface area is 150 Å². The van der Waals surface area contributed by atoms with Gasteiger partial charge in [-0.3, -0.25) is 4.72 Å². The van der Waals surface area contributed by atoms with Gasteiger partial charge in [-0.05, 0) is 24.3 Å². The van der Waals surface area contributed by atoms with Crippen LogP contribution >= 0.6 is 62.3 Å². The Balaban J connectivity index is 2.51. The molecule has 0 atom stereocenters. The Morgan fingerprint density at radius 3 is 2.10 bits per heavy atom. The highest BCUT2D eigenvalue weighted by Crippen LogP contribution is 2.36. The summed E-state index contributed by atoms with van der Waals surface area (Å²) in [6.07, 6.45) is 0. The number of benzene rings is 2. The summed E-state index contributed by atoms with van der Waals surface area (Å²) in [4.78, 5) is -0.231. The highest BCUT2D eigenvalue weighted by molar-refractivity contribution is 9.10. The first-order chi connectivity index (χ1) is 9.72. The lowest BCUT2D eigenvalue weighted by molar-refractivity contribution is 0.601. The largest absolute Gasteiger partial charge is 0.278 e. The number of hydrogen-bond acceptors (Lipinski definition) is 2. The van der Waals surface area contributed by atoms with Crippen molar-refractivity contribution in [2.24, 2.45) is 0 Å². The van der Waals surface area contributed by atoms with Gasteiger partial charge in [0.15, 0.2) is 0 Å². The van der Waals surface area contributed by atoms with Crippen LogP contribution in [0.4, 0.5) is 5.69 Å². The first-order valence-corrected chi connectivity index (χ1v) is 9.12. The fraction of sp³-hybridized carbons (Fsp3) is 0. The van der Waals surface area contributed by atoms with Crippen molar-refractivity contribution < 1.29 is 8.42 Å². The summed E-state index contributed by atoms with van der Waals surface area (Å²) in [6.45, 7) is 0. The number of anilines is 1. The molecule has 0 fully saturated rings. The normalized spacial score (nSPS) is 11.5. The Morgan fingerprint density at radius 2 is 1.52 bits per heavy atom. The van der Waals surface area contributed by atoms with Crippen LogP contribution in [0.1, 0.15) is 0 Å². The van der Waals surface area contributed by atoms with E-state index in [0.29, 0.717) is 4.47 Å². The van der Waals surface area contributed by atoms with E-state index in [9.17, 15) is 8.42 Å². The van der Waals surface area contributed by atoms with Gasteiger partial charge in [-0.1, -0.05) is 68.4 Å². The summed E-state index contributed by atoms with van der Waals surface area (Å²) >= 11 is 26.9. The number of sulfonamides is 1. The second-order valence-electron chi connectivity index (χ2n) is 3.91. The predicted octanol–water partition coefficient (Wildman–Crippen LogP) is 5.86. The third-order valence-corrected chi connectivity index (χ3v) is 5.99. The molecule has 0 bridgehead atoms. The van der Waals surface area contributed by atoms with Crippen molar-refractivity contribution in [3.63, 3.8) is 0 Å². The van der Waals surface area contributed by atoms with Gasteiger partial charge in [0.1, 0.15) is 4.90 Å². The minimum Gasteiger partial charge on any atom is -0.278 e. The number of nitrogens with one attached hydrogen (secondary N) is 1. The van der Waals surface area contributed by atoms with Gasteiger partial charge in [-0.2, -0.15) is 0 Å². The van der Waals surface area contributed by atoms with E-state index in [1.165, 1.54) is 18.2 Å². The van der Waals surface area contributed by atoms with Gasteiger partial charge >= 0.3 is 0 Å². The zero-order valence-electron chi connectivity index (χ0n) is 10.0.